The number of hydrogen-bond donors (Lipinski definition) is 0. The molecule has 0 saturated carbocycles. The number of aliphatic imine (C=N–C) groups is 1. The van der Waals surface area contributed by atoms with Crippen molar-refractivity contribution in [1.29, 1.82) is 0 Å². The average molecular weight is 479 g/mol. The number of amides is 1. The second kappa shape index (κ2) is 9.60. The monoisotopic (exact) mass is 479 g/mol. The molecule has 0 spiro atoms. The number of methoxy groups -OCH3 is 2. The van der Waals surface area contributed by atoms with Crippen LogP contribution < -0.4 is 4.74 Å². The lowest BCUT2D eigenvalue weighted by Crippen LogP contribution is -2.46. The average Bonchev–Trinajstić information content (AvgIpc) is 2.80. The molecule has 3 rings (SSSR count). The SMILES string of the molecule is COC(=O)C1=C(C)N=C(OC)N(C(=O)Oc2ccc([N+](=O)[O-])cc2)C1c1cc(F)c(F)cc1F. The number of nitro groups is 1. The van der Waals surface area contributed by atoms with E-state index in [1.165, 1.54) is 6.92 Å². The van der Waals surface area contributed by atoms with Gasteiger partial charge in [-0.2, -0.15) is 0 Å². The van der Waals surface area contributed by atoms with Crippen LogP contribution in [0.1, 0.15) is 18.5 Å². The van der Waals surface area contributed by atoms with Gasteiger partial charge >= 0.3 is 18.1 Å². The predicted molar refractivity (Wildman–Crippen MR) is 109 cm³/mol. The fourth-order valence-electron chi connectivity index (χ4n) is 3.22. The summed E-state index contributed by atoms with van der Waals surface area (Å²) in [6.07, 6.45) is -1.27. The van der Waals surface area contributed by atoms with Gasteiger partial charge < -0.3 is 14.2 Å². The molecular formula is C21H16F3N3O7. The van der Waals surface area contributed by atoms with E-state index in [0.29, 0.717) is 11.0 Å². The zero-order chi connectivity index (χ0) is 25.2. The molecule has 2 aromatic carbocycles. The summed E-state index contributed by atoms with van der Waals surface area (Å²) in [4.78, 5) is 40.4. The first-order valence-electron chi connectivity index (χ1n) is 9.40. The van der Waals surface area contributed by atoms with Crippen molar-refractivity contribution in [1.82, 2.24) is 4.90 Å². The van der Waals surface area contributed by atoms with Crippen LogP contribution in [0.5, 0.6) is 5.75 Å². The highest BCUT2D eigenvalue weighted by Gasteiger charge is 2.43. The third-order valence-electron chi connectivity index (χ3n) is 4.76. The van der Waals surface area contributed by atoms with Gasteiger partial charge in [0.05, 0.1) is 30.4 Å². The summed E-state index contributed by atoms with van der Waals surface area (Å²) < 4.78 is 57.4. The van der Waals surface area contributed by atoms with Crippen LogP contribution in [-0.2, 0) is 14.3 Å². The van der Waals surface area contributed by atoms with E-state index in [9.17, 15) is 32.9 Å². The van der Waals surface area contributed by atoms with Crippen LogP contribution in [-0.4, -0.2) is 42.1 Å². The van der Waals surface area contributed by atoms with Crippen LogP contribution in [0.4, 0.5) is 23.7 Å². The van der Waals surface area contributed by atoms with E-state index in [1.807, 2.05) is 0 Å². The smallest absolute Gasteiger partial charge is 0.424 e. The summed E-state index contributed by atoms with van der Waals surface area (Å²) in [7, 11) is 2.15. The first-order chi connectivity index (χ1) is 16.1. The molecule has 34 heavy (non-hydrogen) atoms. The van der Waals surface area contributed by atoms with Crippen molar-refractivity contribution in [3.63, 3.8) is 0 Å². The van der Waals surface area contributed by atoms with Gasteiger partial charge in [-0.15, -0.1) is 0 Å². The number of esters is 1. The van der Waals surface area contributed by atoms with Gasteiger partial charge in [-0.3, -0.25) is 10.1 Å². The van der Waals surface area contributed by atoms with E-state index in [2.05, 4.69) is 4.99 Å². The Hall–Kier alpha value is -4.42. The maximum Gasteiger partial charge on any atom is 0.424 e. The first kappa shape index (κ1) is 24.2. The molecule has 1 amide bonds. The summed E-state index contributed by atoms with van der Waals surface area (Å²) >= 11 is 0. The lowest BCUT2D eigenvalue weighted by molar-refractivity contribution is -0.384. The number of non-ortho nitro benzene ring substituents is 1. The van der Waals surface area contributed by atoms with E-state index in [1.54, 1.807) is 0 Å². The lowest BCUT2D eigenvalue weighted by atomic mass is 9.94. The van der Waals surface area contributed by atoms with Crippen LogP contribution in [0.3, 0.4) is 0 Å². The van der Waals surface area contributed by atoms with E-state index < -0.39 is 52.1 Å². The molecule has 0 aliphatic carbocycles. The molecule has 178 valence electrons. The van der Waals surface area contributed by atoms with Crippen LogP contribution in [0.2, 0.25) is 0 Å². The molecule has 13 heteroatoms. The summed E-state index contributed by atoms with van der Waals surface area (Å²) in [6.45, 7) is 1.34. The molecule has 1 atom stereocenters. The molecule has 0 N–H and O–H groups in total. The summed E-state index contributed by atoms with van der Waals surface area (Å²) in [6, 6.07) is 2.95. The van der Waals surface area contributed by atoms with Gasteiger partial charge in [-0.1, -0.05) is 0 Å². The van der Waals surface area contributed by atoms with Crippen molar-refractivity contribution in [3.8, 4) is 5.75 Å². The van der Waals surface area contributed by atoms with Crippen LogP contribution >= 0.6 is 0 Å². The Morgan fingerprint density at radius 1 is 1.06 bits per heavy atom. The normalized spacial score (nSPS) is 15.5. The van der Waals surface area contributed by atoms with Gasteiger partial charge in [0.25, 0.3) is 5.69 Å². The van der Waals surface area contributed by atoms with E-state index in [0.717, 1.165) is 38.5 Å². The Kier molecular flexibility index (Phi) is 6.84. The van der Waals surface area contributed by atoms with E-state index >= 15 is 0 Å². The van der Waals surface area contributed by atoms with Crippen molar-refractivity contribution < 1.29 is 41.9 Å². The number of rotatable bonds is 4. The third-order valence-corrected chi connectivity index (χ3v) is 4.76. The molecule has 1 heterocycles. The zero-order valence-corrected chi connectivity index (χ0v) is 17.9. The molecule has 10 nitrogen and oxygen atoms in total. The quantitative estimate of drug-likeness (QED) is 0.281. The Bertz CT molecular complexity index is 1230. The van der Waals surface area contributed by atoms with Crippen molar-refractivity contribution in [2.45, 2.75) is 13.0 Å². The minimum absolute atomic E-state index is 0.0442. The van der Waals surface area contributed by atoms with Gasteiger partial charge in [-0.05, 0) is 25.1 Å². The summed E-state index contributed by atoms with van der Waals surface area (Å²) in [5.74, 6) is -5.38. The minimum Gasteiger partial charge on any atom is -0.468 e. The Morgan fingerprint density at radius 2 is 1.68 bits per heavy atom. The number of allylic oxidation sites excluding steroid dienone is 1. The summed E-state index contributed by atoms with van der Waals surface area (Å²) in [5, 5.41) is 10.8. The number of carbonyl (C=O) groups is 2. The highest BCUT2D eigenvalue weighted by Crippen LogP contribution is 2.38. The number of carbonyl (C=O) groups excluding carboxylic acids is 2. The van der Waals surface area contributed by atoms with Gasteiger partial charge in [0, 0.05) is 23.8 Å². The standard InChI is InChI=1S/C21H16F3N3O7/c1-10-17(19(28)32-2)18(13-8-15(23)16(24)9-14(13)22)26(20(25-10)33-3)21(29)34-12-6-4-11(5-7-12)27(30)31/h4-9,18H,1-3H3. The fourth-order valence-corrected chi connectivity index (χ4v) is 3.22. The van der Waals surface area contributed by atoms with Crippen molar-refractivity contribution >= 4 is 23.8 Å². The maximum absolute atomic E-state index is 14.8. The first-order valence-corrected chi connectivity index (χ1v) is 9.40. The minimum atomic E-state index is -1.72. The number of halogens is 3. The molecule has 0 saturated heterocycles. The third kappa shape index (κ3) is 4.53. The second-order valence-corrected chi connectivity index (χ2v) is 6.77. The van der Waals surface area contributed by atoms with Gasteiger partial charge in [0.1, 0.15) is 17.6 Å². The highest BCUT2D eigenvalue weighted by atomic mass is 19.2. The van der Waals surface area contributed by atoms with Crippen molar-refractivity contribution in [3.05, 3.63) is 80.8 Å². The van der Waals surface area contributed by atoms with E-state index in [-0.39, 0.29) is 28.8 Å². The predicted octanol–water partition coefficient (Wildman–Crippen LogP) is 4.02. The number of ether oxygens (including phenoxy) is 3. The number of nitrogens with zero attached hydrogens (tertiary/aromatic N) is 3. The van der Waals surface area contributed by atoms with Crippen LogP contribution in [0.25, 0.3) is 0 Å². The Balaban J connectivity index is 2.14. The van der Waals surface area contributed by atoms with Gasteiger partial charge in [0.2, 0.25) is 0 Å². The van der Waals surface area contributed by atoms with Crippen LogP contribution in [0.15, 0.2) is 52.7 Å². The molecule has 0 bridgehead atoms. The second-order valence-electron chi connectivity index (χ2n) is 6.77. The van der Waals surface area contributed by atoms with Crippen molar-refractivity contribution in [2.24, 2.45) is 4.99 Å². The summed E-state index contributed by atoms with van der Waals surface area (Å²) in [5.41, 5.74) is -1.29. The number of benzene rings is 2. The fraction of sp³-hybridized carbons (Fsp3) is 0.190. The molecule has 0 fully saturated rings. The van der Waals surface area contributed by atoms with E-state index in [4.69, 9.17) is 14.2 Å². The molecule has 0 radical (unpaired) electrons. The molecule has 1 aliphatic heterocycles. The molecule has 1 aliphatic rings. The van der Waals surface area contributed by atoms with Crippen molar-refractivity contribution in [2.75, 3.05) is 14.2 Å². The molecule has 2 aromatic rings. The lowest BCUT2D eigenvalue weighted by Gasteiger charge is -2.34. The van der Waals surface area contributed by atoms with Gasteiger partial charge in [0.15, 0.2) is 11.6 Å². The number of nitro benzene ring substituents is 1. The highest BCUT2D eigenvalue weighted by molar-refractivity contribution is 5.99. The molecule has 1 unspecified atom stereocenters. The van der Waals surface area contributed by atoms with Gasteiger partial charge in [-0.25, -0.2) is 32.7 Å². The number of hydrogen-bond acceptors (Lipinski definition) is 8. The Labute approximate surface area is 190 Å². The molecular weight excluding hydrogens is 463 g/mol. The zero-order valence-electron chi connectivity index (χ0n) is 17.9. The topological polar surface area (TPSA) is 121 Å². The number of amidine groups is 1. The Morgan fingerprint density at radius 3 is 2.24 bits per heavy atom. The molecule has 0 aromatic heterocycles. The largest absolute Gasteiger partial charge is 0.468 e. The van der Waals surface area contributed by atoms with Crippen LogP contribution in [0, 0.1) is 27.6 Å². The maximum atomic E-state index is 14.8.